The lowest BCUT2D eigenvalue weighted by Gasteiger charge is -2.34. The monoisotopic (exact) mass is 549 g/mol. The molecule has 3 aromatic carbocycles. The van der Waals surface area contributed by atoms with E-state index in [-0.39, 0.29) is 27.6 Å². The van der Waals surface area contributed by atoms with Crippen LogP contribution in [0.4, 0.5) is 0 Å². The van der Waals surface area contributed by atoms with Gasteiger partial charge < -0.3 is 10.2 Å². The van der Waals surface area contributed by atoms with Gasteiger partial charge in [-0.3, -0.25) is 4.98 Å². The number of pyridine rings is 1. The molecule has 1 heterocycles. The highest BCUT2D eigenvalue weighted by molar-refractivity contribution is 5.51. The quantitative estimate of drug-likeness (QED) is 0.252. The van der Waals surface area contributed by atoms with Crippen LogP contribution < -0.4 is 0 Å². The maximum absolute atomic E-state index is 11.1. The van der Waals surface area contributed by atoms with Crippen molar-refractivity contribution in [2.75, 3.05) is 0 Å². The maximum atomic E-state index is 11.1. The molecular formula is C38H47NO2. The number of hydrogen-bond donors (Lipinski definition) is 2. The fourth-order valence-electron chi connectivity index (χ4n) is 6.03. The molecule has 3 nitrogen and oxygen atoms in total. The van der Waals surface area contributed by atoms with Gasteiger partial charge in [-0.1, -0.05) is 118 Å². The minimum Gasteiger partial charge on any atom is -0.508 e. The average Bonchev–Trinajstić information content (AvgIpc) is 2.89. The van der Waals surface area contributed by atoms with Gasteiger partial charge in [-0.2, -0.15) is 0 Å². The van der Waals surface area contributed by atoms with Crippen LogP contribution in [0, 0.1) is 5.41 Å². The van der Waals surface area contributed by atoms with Gasteiger partial charge in [0.05, 0.1) is 0 Å². The number of benzene rings is 3. The predicted molar refractivity (Wildman–Crippen MR) is 171 cm³/mol. The Balaban J connectivity index is 1.79. The number of phenolic OH excluding ortho intramolecular Hbond substituents is 2. The van der Waals surface area contributed by atoms with Crippen molar-refractivity contribution in [1.82, 2.24) is 4.98 Å². The first kappa shape index (κ1) is 30.4. The Morgan fingerprint density at radius 2 is 1.05 bits per heavy atom. The molecule has 2 N–H and O–H groups in total. The fraction of sp³-hybridized carbons (Fsp3) is 0.395. The molecule has 0 amide bonds. The second kappa shape index (κ2) is 10.7. The molecule has 4 aromatic rings. The zero-order valence-corrected chi connectivity index (χ0v) is 26.5. The number of nitrogens with zero attached hydrogens (tertiary/aromatic N) is 1. The Kier molecular flexibility index (Phi) is 7.90. The van der Waals surface area contributed by atoms with Crippen LogP contribution in [0.2, 0.25) is 0 Å². The smallest absolute Gasteiger partial charge is 0.119 e. The molecule has 41 heavy (non-hydrogen) atoms. The molecule has 216 valence electrons. The first-order valence-corrected chi connectivity index (χ1v) is 14.6. The Morgan fingerprint density at radius 1 is 0.561 bits per heavy atom. The summed E-state index contributed by atoms with van der Waals surface area (Å²) in [4.78, 5) is 4.22. The number of aromatic hydroxyl groups is 2. The molecule has 1 aromatic heterocycles. The Morgan fingerprint density at radius 3 is 1.56 bits per heavy atom. The van der Waals surface area contributed by atoms with E-state index < -0.39 is 0 Å². The zero-order valence-electron chi connectivity index (χ0n) is 26.5. The summed E-state index contributed by atoms with van der Waals surface area (Å²) in [6.07, 6.45) is 3.65. The third kappa shape index (κ3) is 6.05. The molecule has 4 rings (SSSR count). The highest BCUT2D eigenvalue weighted by atomic mass is 16.3. The van der Waals surface area contributed by atoms with Crippen molar-refractivity contribution in [2.24, 2.45) is 5.41 Å². The lowest BCUT2D eigenvalue weighted by Crippen LogP contribution is -2.24. The Hall–Kier alpha value is -3.59. The van der Waals surface area contributed by atoms with E-state index in [0.717, 1.165) is 22.3 Å². The van der Waals surface area contributed by atoms with Gasteiger partial charge in [0.25, 0.3) is 0 Å². The SMILES string of the molecule is CC(C)(C)c1cc(C(C)(C)c2cccc(C(C)(C)c3ccc(O)c(C(c4ccncc4)C(C)(C)C)c3)c2)ccc1O. The largest absolute Gasteiger partial charge is 0.508 e. The average molecular weight is 550 g/mol. The second-order valence-corrected chi connectivity index (χ2v) is 14.7. The third-order valence-corrected chi connectivity index (χ3v) is 8.80. The van der Waals surface area contributed by atoms with E-state index in [1.807, 2.05) is 42.7 Å². The van der Waals surface area contributed by atoms with Crippen LogP contribution in [-0.4, -0.2) is 15.2 Å². The van der Waals surface area contributed by atoms with Gasteiger partial charge >= 0.3 is 0 Å². The summed E-state index contributed by atoms with van der Waals surface area (Å²) in [5.41, 5.74) is 6.96. The molecule has 3 heteroatoms. The molecule has 0 spiro atoms. The van der Waals surface area contributed by atoms with Crippen LogP contribution in [0.25, 0.3) is 0 Å². The van der Waals surface area contributed by atoms with Crippen molar-refractivity contribution in [3.63, 3.8) is 0 Å². The van der Waals surface area contributed by atoms with Crippen LogP contribution in [0.15, 0.2) is 85.2 Å². The van der Waals surface area contributed by atoms with Crippen LogP contribution >= 0.6 is 0 Å². The third-order valence-electron chi connectivity index (χ3n) is 8.80. The van der Waals surface area contributed by atoms with Gasteiger partial charge in [0.2, 0.25) is 0 Å². The lowest BCUT2D eigenvalue weighted by atomic mass is 9.69. The maximum Gasteiger partial charge on any atom is 0.119 e. The molecule has 0 radical (unpaired) electrons. The van der Waals surface area contributed by atoms with Crippen molar-refractivity contribution in [3.05, 3.63) is 124 Å². The van der Waals surface area contributed by atoms with E-state index in [1.165, 1.54) is 16.7 Å². The molecule has 0 aliphatic rings. The van der Waals surface area contributed by atoms with Gasteiger partial charge in [-0.15, -0.1) is 0 Å². The summed E-state index contributed by atoms with van der Waals surface area (Å²) < 4.78 is 0. The summed E-state index contributed by atoms with van der Waals surface area (Å²) in [5, 5.41) is 21.7. The predicted octanol–water partition coefficient (Wildman–Crippen LogP) is 9.62. The van der Waals surface area contributed by atoms with Gasteiger partial charge in [0, 0.05) is 34.7 Å². The summed E-state index contributed by atoms with van der Waals surface area (Å²) in [7, 11) is 0. The topological polar surface area (TPSA) is 53.4 Å². The van der Waals surface area contributed by atoms with Crippen LogP contribution in [0.5, 0.6) is 11.5 Å². The minimum absolute atomic E-state index is 0.0121. The number of hydrogen-bond acceptors (Lipinski definition) is 3. The first-order valence-electron chi connectivity index (χ1n) is 14.6. The summed E-state index contributed by atoms with van der Waals surface area (Å²) >= 11 is 0. The molecule has 0 bridgehead atoms. The van der Waals surface area contributed by atoms with E-state index in [0.29, 0.717) is 11.5 Å². The Bertz CT molecular complexity index is 1520. The van der Waals surface area contributed by atoms with Gasteiger partial charge in [0.15, 0.2) is 0 Å². The first-order chi connectivity index (χ1) is 18.9. The molecule has 0 fully saturated rings. The molecular weight excluding hydrogens is 502 g/mol. The number of aromatic nitrogens is 1. The normalized spacial score (nSPS) is 13.7. The van der Waals surface area contributed by atoms with E-state index in [9.17, 15) is 10.2 Å². The van der Waals surface area contributed by atoms with Gasteiger partial charge in [-0.25, -0.2) is 0 Å². The van der Waals surface area contributed by atoms with Crippen LogP contribution in [0.1, 0.15) is 114 Å². The van der Waals surface area contributed by atoms with Gasteiger partial charge in [-0.05, 0) is 68.5 Å². The van der Waals surface area contributed by atoms with Crippen molar-refractivity contribution in [2.45, 2.75) is 91.4 Å². The van der Waals surface area contributed by atoms with Crippen molar-refractivity contribution < 1.29 is 10.2 Å². The van der Waals surface area contributed by atoms with E-state index in [4.69, 9.17) is 0 Å². The number of phenols is 2. The Labute approximate surface area is 247 Å². The second-order valence-electron chi connectivity index (χ2n) is 14.7. The molecule has 1 atom stereocenters. The van der Waals surface area contributed by atoms with Crippen molar-refractivity contribution in [1.29, 1.82) is 0 Å². The van der Waals surface area contributed by atoms with Crippen molar-refractivity contribution in [3.8, 4) is 11.5 Å². The van der Waals surface area contributed by atoms with Crippen LogP contribution in [-0.2, 0) is 16.2 Å². The molecule has 1 unspecified atom stereocenters. The standard InChI is InChI=1S/C38H47NO2/c1-35(2,3)31-24-29(15-17-33(31)41)38(9,10)27-13-11-12-26(22-27)37(7,8)28-14-16-32(40)30(23-28)34(36(4,5)6)25-18-20-39-21-19-25/h11-24,34,40-41H,1-10H3. The number of rotatable bonds is 6. The molecule has 0 aliphatic carbocycles. The molecule has 0 saturated heterocycles. The summed E-state index contributed by atoms with van der Waals surface area (Å²) in [6.45, 7) is 22.1. The highest BCUT2D eigenvalue weighted by Gasteiger charge is 2.33. The van der Waals surface area contributed by atoms with Gasteiger partial charge in [0.1, 0.15) is 11.5 Å². The summed E-state index contributed by atoms with van der Waals surface area (Å²) in [6, 6.07) is 25.1. The van der Waals surface area contributed by atoms with Crippen LogP contribution in [0.3, 0.4) is 0 Å². The summed E-state index contributed by atoms with van der Waals surface area (Å²) in [5.74, 6) is 0.673. The van der Waals surface area contributed by atoms with E-state index in [1.54, 1.807) is 0 Å². The minimum atomic E-state index is -0.305. The highest BCUT2D eigenvalue weighted by Crippen LogP contribution is 2.46. The van der Waals surface area contributed by atoms with Crippen molar-refractivity contribution >= 4 is 0 Å². The fourth-order valence-corrected chi connectivity index (χ4v) is 6.03. The molecule has 0 saturated carbocycles. The lowest BCUT2D eigenvalue weighted by molar-refractivity contribution is 0.346. The zero-order chi connectivity index (χ0) is 30.4. The van der Waals surface area contributed by atoms with E-state index >= 15 is 0 Å². The van der Waals surface area contributed by atoms with E-state index in [2.05, 4.69) is 117 Å². The molecule has 0 aliphatic heterocycles.